The molecular weight excluding hydrogens is 316 g/mol. The fourth-order valence-corrected chi connectivity index (χ4v) is 2.73. The van der Waals surface area contributed by atoms with Crippen molar-refractivity contribution >= 4 is 16.8 Å². The van der Waals surface area contributed by atoms with Crippen LogP contribution in [-0.4, -0.2) is 26.2 Å². The molecule has 0 aliphatic rings. The number of benzene rings is 1. The molecule has 0 saturated heterocycles. The lowest BCUT2D eigenvalue weighted by atomic mass is 10.1. The van der Waals surface area contributed by atoms with Gasteiger partial charge in [-0.25, -0.2) is 0 Å². The van der Waals surface area contributed by atoms with Crippen LogP contribution in [0.4, 0.5) is 0 Å². The van der Waals surface area contributed by atoms with Crippen molar-refractivity contribution in [3.63, 3.8) is 0 Å². The lowest BCUT2D eigenvalue weighted by Gasteiger charge is -2.21. The Morgan fingerprint density at radius 3 is 2.60 bits per heavy atom. The Balaban J connectivity index is 2.04. The lowest BCUT2D eigenvalue weighted by Crippen LogP contribution is -2.42. The van der Waals surface area contributed by atoms with Gasteiger partial charge in [0, 0.05) is 22.4 Å². The average Bonchev–Trinajstić information content (AvgIpc) is 3.10. The van der Waals surface area contributed by atoms with Gasteiger partial charge in [0.1, 0.15) is 12.2 Å². The van der Waals surface area contributed by atoms with Gasteiger partial charge in [-0.2, -0.15) is 0 Å². The summed E-state index contributed by atoms with van der Waals surface area (Å²) in [4.78, 5) is 12.5. The van der Waals surface area contributed by atoms with E-state index in [-0.39, 0.29) is 23.9 Å². The number of nitrogens with one attached hydrogen (secondary N) is 1. The van der Waals surface area contributed by atoms with Crippen molar-refractivity contribution in [3.8, 4) is 11.6 Å². The Morgan fingerprint density at radius 2 is 1.96 bits per heavy atom. The van der Waals surface area contributed by atoms with Crippen LogP contribution >= 0.6 is 0 Å². The van der Waals surface area contributed by atoms with Gasteiger partial charge in [0.15, 0.2) is 0 Å². The molecule has 0 spiro atoms. The Labute approximate surface area is 147 Å². The highest BCUT2D eigenvalue weighted by Gasteiger charge is 2.20. The van der Waals surface area contributed by atoms with Gasteiger partial charge in [-0.3, -0.25) is 4.79 Å². The van der Waals surface area contributed by atoms with Gasteiger partial charge in [-0.15, -0.1) is 10.2 Å². The summed E-state index contributed by atoms with van der Waals surface area (Å²) in [7, 11) is 0. The summed E-state index contributed by atoms with van der Waals surface area (Å²) >= 11 is 0. The van der Waals surface area contributed by atoms with Crippen molar-refractivity contribution in [1.29, 1.82) is 0 Å². The van der Waals surface area contributed by atoms with E-state index in [1.165, 1.54) is 0 Å². The zero-order valence-corrected chi connectivity index (χ0v) is 15.3. The van der Waals surface area contributed by atoms with Gasteiger partial charge < -0.3 is 14.3 Å². The molecule has 6 heteroatoms. The summed E-state index contributed by atoms with van der Waals surface area (Å²) in [6.07, 6.45) is 0. The third kappa shape index (κ3) is 3.73. The third-order valence-electron chi connectivity index (χ3n) is 3.78. The highest BCUT2D eigenvalue weighted by atomic mass is 16.4. The number of hydrogen-bond acceptors (Lipinski definition) is 4. The zero-order chi connectivity index (χ0) is 18.2. The Kier molecular flexibility index (Phi) is 4.37. The van der Waals surface area contributed by atoms with Gasteiger partial charge >= 0.3 is 0 Å². The Hall–Kier alpha value is -2.63. The van der Waals surface area contributed by atoms with Crippen LogP contribution < -0.4 is 5.32 Å². The van der Waals surface area contributed by atoms with E-state index < -0.39 is 0 Å². The van der Waals surface area contributed by atoms with Crippen LogP contribution in [0, 0.1) is 0 Å². The van der Waals surface area contributed by atoms with E-state index in [0.29, 0.717) is 11.8 Å². The number of fused-ring (bicyclic) bond motifs is 1. The van der Waals surface area contributed by atoms with Crippen molar-refractivity contribution in [1.82, 2.24) is 20.1 Å². The molecule has 2 heterocycles. The summed E-state index contributed by atoms with van der Waals surface area (Å²) in [5.74, 6) is 1.12. The highest BCUT2D eigenvalue weighted by Crippen LogP contribution is 2.28. The first kappa shape index (κ1) is 17.2. The number of nitrogens with zero attached hydrogens (tertiary/aromatic N) is 3. The number of aromatic nitrogens is 3. The molecule has 2 aromatic heterocycles. The minimum absolute atomic E-state index is 0.0568. The van der Waals surface area contributed by atoms with E-state index in [1.54, 1.807) is 0 Å². The maximum absolute atomic E-state index is 12.5. The fraction of sp³-hybridized carbons (Fsp3) is 0.421. The summed E-state index contributed by atoms with van der Waals surface area (Å²) in [6, 6.07) is 9.91. The van der Waals surface area contributed by atoms with Gasteiger partial charge in [0.05, 0.1) is 0 Å². The summed E-state index contributed by atoms with van der Waals surface area (Å²) < 4.78 is 7.73. The molecule has 0 aliphatic carbocycles. The second-order valence-electron chi connectivity index (χ2n) is 7.57. The molecule has 0 atom stereocenters. The average molecular weight is 340 g/mol. The Bertz CT molecular complexity index is 900. The first-order chi connectivity index (χ1) is 11.7. The zero-order valence-electron chi connectivity index (χ0n) is 15.3. The number of hydrogen-bond donors (Lipinski definition) is 1. The van der Waals surface area contributed by atoms with Crippen LogP contribution in [0.15, 0.2) is 34.7 Å². The minimum atomic E-state index is -0.282. The summed E-state index contributed by atoms with van der Waals surface area (Å²) in [6.45, 7) is 10.1. The van der Waals surface area contributed by atoms with Gasteiger partial charge in [0.2, 0.25) is 11.8 Å². The smallest absolute Gasteiger partial charge is 0.264 e. The van der Waals surface area contributed by atoms with Crippen LogP contribution in [0.5, 0.6) is 0 Å². The second-order valence-corrected chi connectivity index (χ2v) is 7.57. The molecule has 0 aliphatic heterocycles. The van der Waals surface area contributed by atoms with Gasteiger partial charge in [-0.1, -0.05) is 32.0 Å². The highest BCUT2D eigenvalue weighted by molar-refractivity contribution is 5.88. The summed E-state index contributed by atoms with van der Waals surface area (Å²) in [5.41, 5.74) is 1.44. The van der Waals surface area contributed by atoms with E-state index in [1.807, 2.05) is 69.5 Å². The maximum atomic E-state index is 12.5. The summed E-state index contributed by atoms with van der Waals surface area (Å²) in [5, 5.41) is 12.3. The Morgan fingerprint density at radius 1 is 1.24 bits per heavy atom. The SMILES string of the molecule is CC(C)c1nnc(-c2cc3ccccc3n2CC(=O)NC(C)(C)C)o1. The van der Waals surface area contributed by atoms with Crippen LogP contribution in [0.1, 0.15) is 46.4 Å². The lowest BCUT2D eigenvalue weighted by molar-refractivity contribution is -0.122. The number of amides is 1. The molecule has 3 rings (SSSR count). The number of para-hydroxylation sites is 1. The van der Waals surface area contributed by atoms with Crippen LogP contribution in [0.3, 0.4) is 0 Å². The van der Waals surface area contributed by atoms with E-state index in [0.717, 1.165) is 16.6 Å². The van der Waals surface area contributed by atoms with Crippen LogP contribution in [0.25, 0.3) is 22.5 Å². The van der Waals surface area contributed by atoms with Crippen molar-refractivity contribution < 1.29 is 9.21 Å². The predicted molar refractivity (Wildman–Crippen MR) is 97.2 cm³/mol. The molecule has 0 fully saturated rings. The van der Waals surface area contributed by atoms with Crippen LogP contribution in [-0.2, 0) is 11.3 Å². The topological polar surface area (TPSA) is 73.0 Å². The molecule has 132 valence electrons. The molecule has 0 saturated carbocycles. The molecule has 3 aromatic rings. The van der Waals surface area contributed by atoms with Crippen molar-refractivity contribution in [3.05, 3.63) is 36.2 Å². The number of carbonyl (C=O) groups excluding carboxylic acids is 1. The standard InChI is InChI=1S/C19H24N4O2/c1-12(2)17-21-22-18(25-17)15-10-13-8-6-7-9-14(13)23(15)11-16(24)20-19(3,4)5/h6-10,12H,11H2,1-5H3,(H,20,24). The normalized spacial score (nSPS) is 12.1. The molecule has 25 heavy (non-hydrogen) atoms. The van der Waals surface area contributed by atoms with Crippen molar-refractivity contribution in [2.24, 2.45) is 0 Å². The quantitative estimate of drug-likeness (QED) is 0.785. The molecule has 0 radical (unpaired) electrons. The molecule has 6 nitrogen and oxygen atoms in total. The van der Waals surface area contributed by atoms with Crippen molar-refractivity contribution in [2.45, 2.75) is 52.6 Å². The maximum Gasteiger partial charge on any atom is 0.264 e. The first-order valence-electron chi connectivity index (χ1n) is 8.47. The molecule has 1 N–H and O–H groups in total. The number of rotatable bonds is 4. The second kappa shape index (κ2) is 6.35. The predicted octanol–water partition coefficient (Wildman–Crippen LogP) is 3.73. The van der Waals surface area contributed by atoms with Gasteiger partial charge in [0.25, 0.3) is 5.89 Å². The van der Waals surface area contributed by atoms with E-state index in [2.05, 4.69) is 15.5 Å². The largest absolute Gasteiger partial charge is 0.419 e. The molecule has 0 bridgehead atoms. The minimum Gasteiger partial charge on any atom is -0.419 e. The monoisotopic (exact) mass is 340 g/mol. The van der Waals surface area contributed by atoms with E-state index >= 15 is 0 Å². The van der Waals surface area contributed by atoms with Crippen LogP contribution in [0.2, 0.25) is 0 Å². The molecular formula is C19H24N4O2. The van der Waals surface area contributed by atoms with Gasteiger partial charge in [-0.05, 0) is 32.9 Å². The van der Waals surface area contributed by atoms with E-state index in [9.17, 15) is 4.79 Å². The molecule has 1 aromatic carbocycles. The fourth-order valence-electron chi connectivity index (χ4n) is 2.73. The number of carbonyl (C=O) groups is 1. The first-order valence-corrected chi connectivity index (χ1v) is 8.47. The van der Waals surface area contributed by atoms with Crippen molar-refractivity contribution in [2.75, 3.05) is 0 Å². The van der Waals surface area contributed by atoms with E-state index in [4.69, 9.17) is 4.42 Å². The molecule has 0 unspecified atom stereocenters. The third-order valence-corrected chi connectivity index (χ3v) is 3.78. The molecule has 1 amide bonds.